The van der Waals surface area contributed by atoms with Gasteiger partial charge in [-0.3, -0.25) is 5.41 Å². The van der Waals surface area contributed by atoms with Crippen LogP contribution in [0.4, 0.5) is 0 Å². The molecule has 13 heavy (non-hydrogen) atoms. The minimum absolute atomic E-state index is 0.185. The van der Waals surface area contributed by atoms with Crippen molar-refractivity contribution in [2.45, 2.75) is 13.0 Å². The van der Waals surface area contributed by atoms with E-state index in [-0.39, 0.29) is 6.04 Å². The number of nitrogens with zero attached hydrogens (tertiary/aromatic N) is 2. The second kappa shape index (κ2) is 2.70. The maximum absolute atomic E-state index is 7.47. The Morgan fingerprint density at radius 1 is 1.62 bits per heavy atom. The molecule has 3 nitrogen and oxygen atoms in total. The number of hydrogen-bond donors (Lipinski definition) is 1. The van der Waals surface area contributed by atoms with Gasteiger partial charge < -0.3 is 4.90 Å². The molecule has 0 spiro atoms. The van der Waals surface area contributed by atoms with Gasteiger partial charge in [-0.15, -0.1) is 0 Å². The molecule has 1 atom stereocenters. The molecule has 0 aromatic carbocycles. The van der Waals surface area contributed by atoms with E-state index in [1.165, 1.54) is 5.56 Å². The van der Waals surface area contributed by atoms with E-state index < -0.39 is 0 Å². The lowest BCUT2D eigenvalue weighted by Crippen LogP contribution is -2.21. The normalized spacial score (nSPS) is 17.9. The maximum Gasteiger partial charge on any atom is 0.129 e. The Hall–Kier alpha value is -1.09. The molecular formula is C9H10ClN3. The lowest BCUT2D eigenvalue weighted by Gasteiger charge is -2.15. The largest absolute Gasteiger partial charge is 0.351 e. The van der Waals surface area contributed by atoms with E-state index in [9.17, 15) is 0 Å². The molecule has 1 unspecified atom stereocenters. The van der Waals surface area contributed by atoms with Crippen molar-refractivity contribution in [3.63, 3.8) is 0 Å². The Bertz CT molecular complexity index is 375. The Morgan fingerprint density at radius 3 is 2.85 bits per heavy atom. The van der Waals surface area contributed by atoms with Crippen LogP contribution in [0, 0.1) is 5.41 Å². The van der Waals surface area contributed by atoms with Gasteiger partial charge in [0.25, 0.3) is 0 Å². The number of nitrogens with one attached hydrogen (secondary N) is 1. The number of aromatic nitrogens is 1. The first-order valence-electron chi connectivity index (χ1n) is 4.05. The van der Waals surface area contributed by atoms with Gasteiger partial charge in [-0.05, 0) is 13.0 Å². The summed E-state index contributed by atoms with van der Waals surface area (Å²) in [5.74, 6) is 0.541. The predicted molar refractivity (Wildman–Crippen MR) is 52.3 cm³/mol. The maximum atomic E-state index is 7.47. The molecule has 0 saturated heterocycles. The quantitative estimate of drug-likeness (QED) is 0.423. The lowest BCUT2D eigenvalue weighted by molar-refractivity contribution is 0.476. The SMILES string of the molecule is CC(=N)N(C)C1c2ccc(Cl)nc21. The van der Waals surface area contributed by atoms with E-state index in [0.717, 1.165) is 5.69 Å². The molecule has 0 saturated carbocycles. The van der Waals surface area contributed by atoms with Crippen LogP contribution in [-0.2, 0) is 0 Å². The van der Waals surface area contributed by atoms with E-state index >= 15 is 0 Å². The van der Waals surface area contributed by atoms with E-state index in [0.29, 0.717) is 11.0 Å². The molecule has 0 fully saturated rings. The van der Waals surface area contributed by atoms with Crippen molar-refractivity contribution >= 4 is 17.4 Å². The van der Waals surface area contributed by atoms with Crippen molar-refractivity contribution in [3.05, 3.63) is 28.5 Å². The first-order chi connectivity index (χ1) is 6.11. The van der Waals surface area contributed by atoms with Crippen LogP contribution in [0.3, 0.4) is 0 Å². The average Bonchev–Trinajstić information content (AvgIpc) is 2.75. The summed E-state index contributed by atoms with van der Waals surface area (Å²) >= 11 is 5.74. The summed E-state index contributed by atoms with van der Waals surface area (Å²) in [6.45, 7) is 1.76. The van der Waals surface area contributed by atoms with E-state index in [2.05, 4.69) is 4.98 Å². The van der Waals surface area contributed by atoms with Gasteiger partial charge >= 0.3 is 0 Å². The zero-order valence-corrected chi connectivity index (χ0v) is 8.26. The fraction of sp³-hybridized carbons (Fsp3) is 0.333. The minimum Gasteiger partial charge on any atom is -0.351 e. The zero-order valence-electron chi connectivity index (χ0n) is 7.50. The molecule has 1 heterocycles. The molecule has 4 heteroatoms. The van der Waals surface area contributed by atoms with E-state index in [4.69, 9.17) is 17.0 Å². The standard InChI is InChI=1S/C9H10ClN3/c1-5(11)13(2)9-6-3-4-7(10)12-8(6)9/h3-4,9,11H,1-2H3. The zero-order chi connectivity index (χ0) is 9.59. The van der Waals surface area contributed by atoms with E-state index in [1.54, 1.807) is 13.0 Å². The van der Waals surface area contributed by atoms with Crippen molar-refractivity contribution < 1.29 is 0 Å². The summed E-state index contributed by atoms with van der Waals surface area (Å²) < 4.78 is 0. The molecule has 1 N–H and O–H groups in total. The first kappa shape index (κ1) is 8.51. The molecule has 0 amide bonds. The summed E-state index contributed by atoms with van der Waals surface area (Å²) in [5.41, 5.74) is 2.18. The summed E-state index contributed by atoms with van der Waals surface area (Å²) in [6.07, 6.45) is 0. The van der Waals surface area contributed by atoms with Gasteiger partial charge in [0.05, 0.1) is 17.6 Å². The molecule has 1 aromatic rings. The predicted octanol–water partition coefficient (Wildman–Crippen LogP) is 2.07. The van der Waals surface area contributed by atoms with Gasteiger partial charge in [0.1, 0.15) is 5.15 Å². The second-order valence-corrected chi connectivity index (χ2v) is 3.59. The molecule has 1 aromatic heterocycles. The van der Waals surface area contributed by atoms with Crippen LogP contribution < -0.4 is 0 Å². The van der Waals surface area contributed by atoms with Crippen LogP contribution in [0.2, 0.25) is 5.15 Å². The van der Waals surface area contributed by atoms with Gasteiger partial charge in [0, 0.05) is 12.6 Å². The Labute approximate surface area is 81.9 Å². The van der Waals surface area contributed by atoms with Crippen LogP contribution in [0.15, 0.2) is 12.1 Å². The molecule has 2 rings (SSSR count). The lowest BCUT2D eigenvalue weighted by atomic mass is 10.4. The van der Waals surface area contributed by atoms with Gasteiger partial charge in [-0.25, -0.2) is 4.98 Å². The fourth-order valence-corrected chi connectivity index (χ4v) is 1.57. The molecule has 1 aliphatic carbocycles. The van der Waals surface area contributed by atoms with Crippen molar-refractivity contribution in [1.29, 1.82) is 5.41 Å². The first-order valence-corrected chi connectivity index (χ1v) is 4.43. The molecule has 0 bridgehead atoms. The number of fused-ring (bicyclic) bond motifs is 1. The van der Waals surface area contributed by atoms with Gasteiger partial charge in [0.2, 0.25) is 0 Å². The Kier molecular flexibility index (Phi) is 1.77. The van der Waals surface area contributed by atoms with Gasteiger partial charge in [0.15, 0.2) is 0 Å². The Balaban J connectivity index is 2.23. The number of halogens is 1. The van der Waals surface area contributed by atoms with Crippen LogP contribution in [-0.4, -0.2) is 22.8 Å². The topological polar surface area (TPSA) is 40.0 Å². The highest BCUT2D eigenvalue weighted by Crippen LogP contribution is 2.44. The minimum atomic E-state index is 0.185. The fourth-order valence-electron chi connectivity index (χ4n) is 1.41. The van der Waals surface area contributed by atoms with Crippen molar-refractivity contribution in [2.24, 2.45) is 0 Å². The van der Waals surface area contributed by atoms with Crippen molar-refractivity contribution in [2.75, 3.05) is 7.05 Å². The van der Waals surface area contributed by atoms with Crippen molar-refractivity contribution in [1.82, 2.24) is 9.88 Å². The van der Waals surface area contributed by atoms with Crippen LogP contribution in [0.5, 0.6) is 0 Å². The third-order valence-corrected chi connectivity index (χ3v) is 2.52. The van der Waals surface area contributed by atoms with E-state index in [1.807, 2.05) is 18.0 Å². The highest BCUT2D eigenvalue weighted by Gasteiger charge is 2.38. The summed E-state index contributed by atoms with van der Waals surface area (Å²) in [7, 11) is 1.89. The van der Waals surface area contributed by atoms with Gasteiger partial charge in [-0.1, -0.05) is 17.7 Å². The number of amidine groups is 1. The number of pyridine rings is 1. The molecule has 1 aliphatic rings. The highest BCUT2D eigenvalue weighted by molar-refractivity contribution is 6.29. The average molecular weight is 196 g/mol. The second-order valence-electron chi connectivity index (χ2n) is 3.21. The molecular weight excluding hydrogens is 186 g/mol. The molecule has 0 aliphatic heterocycles. The summed E-state index contributed by atoms with van der Waals surface area (Å²) in [4.78, 5) is 6.06. The van der Waals surface area contributed by atoms with Gasteiger partial charge in [-0.2, -0.15) is 0 Å². The molecule has 68 valence electrons. The van der Waals surface area contributed by atoms with Crippen LogP contribution >= 0.6 is 11.6 Å². The van der Waals surface area contributed by atoms with Crippen LogP contribution in [0.25, 0.3) is 0 Å². The number of hydrogen-bond acceptors (Lipinski definition) is 2. The summed E-state index contributed by atoms with van der Waals surface area (Å²) in [6, 6.07) is 3.94. The van der Waals surface area contributed by atoms with Crippen LogP contribution in [0.1, 0.15) is 24.2 Å². The third-order valence-electron chi connectivity index (χ3n) is 2.31. The monoisotopic (exact) mass is 195 g/mol. The highest BCUT2D eigenvalue weighted by atomic mass is 35.5. The van der Waals surface area contributed by atoms with Crippen molar-refractivity contribution in [3.8, 4) is 0 Å². The smallest absolute Gasteiger partial charge is 0.129 e. The molecule has 0 radical (unpaired) electrons. The Morgan fingerprint density at radius 2 is 2.31 bits per heavy atom. The third kappa shape index (κ3) is 1.29. The summed E-state index contributed by atoms with van der Waals surface area (Å²) in [5, 5.41) is 7.99. The number of rotatable bonds is 1.